The molecule has 3 rings (SSSR count). The number of allylic oxidation sites excluding steroid dienone is 5. The fraction of sp³-hybridized carbons (Fsp3) is 0.400. The molecule has 0 fully saturated rings. The first-order valence-electron chi connectivity index (χ1n) is 7.98. The zero-order valence-corrected chi connectivity index (χ0v) is 20.3. The van der Waals surface area contributed by atoms with E-state index < -0.39 is 8.07 Å². The molecule has 1 aromatic rings. The van der Waals surface area contributed by atoms with E-state index in [1.165, 1.54) is 16.7 Å². The smallest absolute Gasteiger partial charge is 1.00 e. The van der Waals surface area contributed by atoms with Crippen molar-refractivity contribution >= 4 is 14.1 Å². The van der Waals surface area contributed by atoms with E-state index in [0.717, 1.165) is 0 Å². The molecule has 0 N–H and O–H groups in total. The Morgan fingerprint density at radius 1 is 0.833 bits per heavy atom. The van der Waals surface area contributed by atoms with Crippen molar-refractivity contribution in [1.82, 2.24) is 0 Å². The van der Waals surface area contributed by atoms with Gasteiger partial charge in [-0.2, -0.15) is 0 Å². The molecule has 2 aliphatic rings. The van der Waals surface area contributed by atoms with Crippen molar-refractivity contribution in [3.63, 3.8) is 0 Å². The van der Waals surface area contributed by atoms with Crippen LogP contribution in [0.2, 0.25) is 18.6 Å². The predicted molar refractivity (Wildman–Crippen MR) is 96.2 cm³/mol. The molecule has 0 bridgehead atoms. The maximum Gasteiger partial charge on any atom is 2.00 e. The van der Waals surface area contributed by atoms with Gasteiger partial charge in [0.15, 0.2) is 0 Å². The minimum Gasteiger partial charge on any atom is -1.00 e. The molecule has 1 aromatic carbocycles. The Labute approximate surface area is 179 Å². The van der Waals surface area contributed by atoms with E-state index in [1.54, 1.807) is 16.7 Å². The molecular weight excluding hydrogens is 430 g/mol. The molecule has 128 valence electrons. The summed E-state index contributed by atoms with van der Waals surface area (Å²) >= 11 is 0. The van der Waals surface area contributed by atoms with Crippen molar-refractivity contribution < 1.29 is 51.0 Å². The van der Waals surface area contributed by atoms with Crippen molar-refractivity contribution in [2.24, 2.45) is 0 Å². The molecule has 0 radical (unpaired) electrons. The first-order valence-corrected chi connectivity index (χ1v) is 11.1. The van der Waals surface area contributed by atoms with Crippen molar-refractivity contribution in [1.29, 1.82) is 0 Å². The van der Waals surface area contributed by atoms with Gasteiger partial charge in [0.1, 0.15) is 0 Å². The monoisotopic (exact) mass is 454 g/mol. The molecule has 4 heteroatoms. The largest absolute Gasteiger partial charge is 2.00 e. The van der Waals surface area contributed by atoms with E-state index >= 15 is 0 Å². The van der Waals surface area contributed by atoms with E-state index in [-0.39, 0.29) is 51.0 Å². The van der Waals surface area contributed by atoms with Crippen LogP contribution in [0.5, 0.6) is 0 Å². The second-order valence-corrected chi connectivity index (χ2v) is 12.2. The topological polar surface area (TPSA) is 0 Å². The molecule has 0 heterocycles. The van der Waals surface area contributed by atoms with Crippen LogP contribution >= 0.6 is 0 Å². The molecule has 0 aliphatic heterocycles. The van der Waals surface area contributed by atoms with Crippen LogP contribution in [-0.2, 0) is 26.2 Å². The van der Waals surface area contributed by atoms with Gasteiger partial charge in [-0.25, -0.2) is 0 Å². The number of hydrogen-bond donors (Lipinski definition) is 0. The zero-order valence-electron chi connectivity index (χ0n) is 15.4. The third-order valence-electron chi connectivity index (χ3n) is 5.96. The van der Waals surface area contributed by atoms with Crippen molar-refractivity contribution in [2.75, 3.05) is 0 Å². The predicted octanol–water partition coefficient (Wildman–Crippen LogP) is 0.107. The zero-order chi connectivity index (χ0) is 15.4. The van der Waals surface area contributed by atoms with E-state index in [4.69, 9.17) is 0 Å². The van der Waals surface area contributed by atoms with Crippen LogP contribution in [0.25, 0.3) is 6.08 Å². The second kappa shape index (κ2) is 8.67. The van der Waals surface area contributed by atoms with Crippen molar-refractivity contribution in [3.8, 4) is 0 Å². The summed E-state index contributed by atoms with van der Waals surface area (Å²) in [5.41, 5.74) is 10.6. The third kappa shape index (κ3) is 3.63. The molecule has 0 spiro atoms. The van der Waals surface area contributed by atoms with Gasteiger partial charge in [-0.3, -0.25) is 0 Å². The van der Waals surface area contributed by atoms with E-state index in [2.05, 4.69) is 77.2 Å². The molecular formula is C20H26Cl2SiZr. The third-order valence-corrected chi connectivity index (χ3v) is 10.4. The average Bonchev–Trinajstić information content (AvgIpc) is 2.96. The van der Waals surface area contributed by atoms with Gasteiger partial charge >= 0.3 is 26.2 Å². The SMILES string of the molecule is CC1=C(C)C([Si](C)(C)C2C=Cc3ccccc32)C(C)=C1C.[Cl-].[Cl-].[Zr+2]. The van der Waals surface area contributed by atoms with Crippen LogP contribution < -0.4 is 24.8 Å². The summed E-state index contributed by atoms with van der Waals surface area (Å²) in [7, 11) is -1.50. The quantitative estimate of drug-likeness (QED) is 0.554. The second-order valence-electron chi connectivity index (χ2n) is 7.34. The van der Waals surface area contributed by atoms with Gasteiger partial charge in [0.25, 0.3) is 0 Å². The van der Waals surface area contributed by atoms with E-state index in [1.807, 2.05) is 0 Å². The summed E-state index contributed by atoms with van der Waals surface area (Å²) in [4.78, 5) is 0. The standard InChI is InChI=1S/C20H26Si.2ClH.Zr/c1-13-14(2)16(4)20(15(13)3)21(5,6)19-12-11-17-9-7-8-10-18(17)19;;;/h7-12,19-20H,1-6H3;2*1H;/q;;;+2/p-2. The van der Waals surface area contributed by atoms with E-state index in [0.29, 0.717) is 11.1 Å². The summed E-state index contributed by atoms with van der Waals surface area (Å²) in [5.74, 6) is 0. The van der Waals surface area contributed by atoms with Crippen LogP contribution in [0.4, 0.5) is 0 Å². The Kier molecular flexibility index (Phi) is 8.71. The summed E-state index contributed by atoms with van der Waals surface area (Å²) in [6, 6.07) is 8.94. The molecule has 0 aromatic heterocycles. The number of halogens is 2. The van der Waals surface area contributed by atoms with Gasteiger partial charge in [0.2, 0.25) is 0 Å². The van der Waals surface area contributed by atoms with Gasteiger partial charge in [-0.15, -0.1) is 0 Å². The Hall–Kier alpha value is 0.120. The summed E-state index contributed by atoms with van der Waals surface area (Å²) in [6.07, 6.45) is 4.81. The Balaban J connectivity index is 0.00000176. The Morgan fingerprint density at radius 3 is 1.88 bits per heavy atom. The number of rotatable bonds is 2. The van der Waals surface area contributed by atoms with Gasteiger partial charge in [0.05, 0.1) is 8.07 Å². The summed E-state index contributed by atoms with van der Waals surface area (Å²) in [5, 5.41) is 0. The number of hydrogen-bond acceptors (Lipinski definition) is 0. The molecule has 0 nitrogen and oxygen atoms in total. The maximum absolute atomic E-state index is 2.58. The first kappa shape index (κ1) is 24.1. The Bertz CT molecular complexity index is 677. The number of benzene rings is 1. The van der Waals surface area contributed by atoms with Gasteiger partial charge in [-0.1, -0.05) is 60.7 Å². The van der Waals surface area contributed by atoms with Gasteiger partial charge < -0.3 is 24.8 Å². The Morgan fingerprint density at radius 2 is 1.33 bits per heavy atom. The number of fused-ring (bicyclic) bond motifs is 1. The van der Waals surface area contributed by atoms with Gasteiger partial charge in [0, 0.05) is 0 Å². The molecule has 0 saturated carbocycles. The van der Waals surface area contributed by atoms with Crippen LogP contribution in [0.1, 0.15) is 44.4 Å². The van der Waals surface area contributed by atoms with Crippen molar-refractivity contribution in [2.45, 2.75) is 51.9 Å². The fourth-order valence-electron chi connectivity index (χ4n) is 4.54. The van der Waals surface area contributed by atoms with Crippen LogP contribution in [-0.4, -0.2) is 8.07 Å². The van der Waals surface area contributed by atoms with E-state index in [9.17, 15) is 0 Å². The van der Waals surface area contributed by atoms with Crippen LogP contribution in [0, 0.1) is 0 Å². The summed E-state index contributed by atoms with van der Waals surface area (Å²) in [6.45, 7) is 14.5. The van der Waals surface area contributed by atoms with Crippen LogP contribution in [0.3, 0.4) is 0 Å². The first-order chi connectivity index (χ1) is 9.85. The molecule has 1 atom stereocenters. The normalized spacial score (nSPS) is 19.7. The fourth-order valence-corrected chi connectivity index (χ4v) is 9.22. The minimum atomic E-state index is -1.50. The molecule has 1 unspecified atom stereocenters. The average molecular weight is 457 g/mol. The minimum absolute atomic E-state index is 0. The molecule has 24 heavy (non-hydrogen) atoms. The van der Waals surface area contributed by atoms with Gasteiger partial charge in [-0.05, 0) is 61.1 Å². The molecule has 0 saturated heterocycles. The molecule has 2 aliphatic carbocycles. The van der Waals surface area contributed by atoms with Crippen LogP contribution in [0.15, 0.2) is 52.6 Å². The van der Waals surface area contributed by atoms with Crippen molar-refractivity contribution in [3.05, 3.63) is 63.8 Å². The molecule has 0 amide bonds. The summed E-state index contributed by atoms with van der Waals surface area (Å²) < 4.78 is 0. The maximum atomic E-state index is 2.58.